The Morgan fingerprint density at radius 1 is 1.17 bits per heavy atom. The summed E-state index contributed by atoms with van der Waals surface area (Å²) in [6.45, 7) is 8.93. The predicted molar refractivity (Wildman–Crippen MR) is 117 cm³/mol. The van der Waals surface area contributed by atoms with Gasteiger partial charge in [-0.2, -0.15) is 0 Å². The van der Waals surface area contributed by atoms with Gasteiger partial charge in [0.05, 0.1) is 13.2 Å². The maximum absolute atomic E-state index is 12.6. The van der Waals surface area contributed by atoms with Gasteiger partial charge in [-0.25, -0.2) is 4.79 Å². The zero-order valence-corrected chi connectivity index (χ0v) is 18.2. The van der Waals surface area contributed by atoms with Crippen molar-refractivity contribution in [2.45, 2.75) is 38.6 Å². The van der Waals surface area contributed by atoms with E-state index >= 15 is 0 Å². The van der Waals surface area contributed by atoms with Crippen LogP contribution >= 0.6 is 0 Å². The second kappa shape index (κ2) is 11.9. The van der Waals surface area contributed by atoms with Gasteiger partial charge in [0.2, 0.25) is 5.91 Å². The number of benzene rings is 1. The highest BCUT2D eigenvalue weighted by Crippen LogP contribution is 2.17. The summed E-state index contributed by atoms with van der Waals surface area (Å²) in [6.07, 6.45) is 3.68. The zero-order chi connectivity index (χ0) is 21.2. The molecule has 1 unspecified atom stereocenters. The number of carbonyl (C=O) groups excluding carboxylic acids is 2. The minimum atomic E-state index is -0.0209. The van der Waals surface area contributed by atoms with E-state index in [0.29, 0.717) is 13.1 Å². The van der Waals surface area contributed by atoms with Crippen molar-refractivity contribution in [3.63, 3.8) is 0 Å². The summed E-state index contributed by atoms with van der Waals surface area (Å²) in [7, 11) is 0. The molecule has 2 aliphatic heterocycles. The number of morpholine rings is 1. The van der Waals surface area contributed by atoms with Crippen LogP contribution in [0.4, 0.5) is 4.79 Å². The molecule has 3 amide bonds. The number of rotatable bonds is 8. The van der Waals surface area contributed by atoms with E-state index in [0.717, 1.165) is 71.6 Å². The molecule has 1 aromatic rings. The highest BCUT2D eigenvalue weighted by molar-refractivity contribution is 5.75. The molecule has 2 fully saturated rings. The van der Waals surface area contributed by atoms with Crippen LogP contribution in [-0.4, -0.2) is 91.7 Å². The zero-order valence-electron chi connectivity index (χ0n) is 18.2. The summed E-state index contributed by atoms with van der Waals surface area (Å²) >= 11 is 0. The number of likely N-dealkylation sites (tertiary alicyclic amines) is 1. The van der Waals surface area contributed by atoms with E-state index in [1.54, 1.807) is 6.92 Å². The molecule has 0 saturated carbocycles. The van der Waals surface area contributed by atoms with Crippen LogP contribution in [-0.2, 0) is 16.0 Å². The quantitative estimate of drug-likeness (QED) is 0.704. The van der Waals surface area contributed by atoms with E-state index < -0.39 is 0 Å². The molecule has 30 heavy (non-hydrogen) atoms. The van der Waals surface area contributed by atoms with Crippen LogP contribution in [0.5, 0.6) is 0 Å². The van der Waals surface area contributed by atoms with Crippen LogP contribution < -0.4 is 5.32 Å². The molecule has 0 spiro atoms. The van der Waals surface area contributed by atoms with Gasteiger partial charge < -0.3 is 19.9 Å². The number of nitrogens with zero attached hydrogens (tertiary/aromatic N) is 3. The molecule has 3 rings (SSSR count). The fourth-order valence-corrected chi connectivity index (χ4v) is 4.35. The number of amides is 3. The topological polar surface area (TPSA) is 65.1 Å². The molecule has 7 heteroatoms. The summed E-state index contributed by atoms with van der Waals surface area (Å²) in [4.78, 5) is 31.2. The molecule has 2 aliphatic rings. The Morgan fingerprint density at radius 3 is 2.67 bits per heavy atom. The largest absolute Gasteiger partial charge is 0.379 e. The van der Waals surface area contributed by atoms with E-state index in [4.69, 9.17) is 4.74 Å². The molecule has 0 aromatic heterocycles. The van der Waals surface area contributed by atoms with Crippen LogP contribution in [0.2, 0.25) is 0 Å². The van der Waals surface area contributed by atoms with Gasteiger partial charge in [0.1, 0.15) is 0 Å². The first-order valence-electron chi connectivity index (χ1n) is 11.3. The van der Waals surface area contributed by atoms with Crippen LogP contribution in [0.15, 0.2) is 30.3 Å². The van der Waals surface area contributed by atoms with Gasteiger partial charge >= 0.3 is 6.03 Å². The van der Waals surface area contributed by atoms with Gasteiger partial charge in [0.15, 0.2) is 0 Å². The number of nitrogens with one attached hydrogen (secondary N) is 1. The smallest absolute Gasteiger partial charge is 0.317 e. The fourth-order valence-electron chi connectivity index (χ4n) is 4.35. The molecule has 0 radical (unpaired) electrons. The Labute approximate surface area is 180 Å². The van der Waals surface area contributed by atoms with Crippen molar-refractivity contribution in [1.29, 1.82) is 0 Å². The third-order valence-corrected chi connectivity index (χ3v) is 6.04. The van der Waals surface area contributed by atoms with E-state index in [9.17, 15) is 9.59 Å². The van der Waals surface area contributed by atoms with Gasteiger partial charge in [0, 0.05) is 58.8 Å². The van der Waals surface area contributed by atoms with E-state index in [1.807, 2.05) is 28.0 Å². The normalized spacial score (nSPS) is 20.0. The van der Waals surface area contributed by atoms with Crippen molar-refractivity contribution >= 4 is 11.9 Å². The molecule has 7 nitrogen and oxygen atoms in total. The summed E-state index contributed by atoms with van der Waals surface area (Å²) in [5.41, 5.74) is 1.22. The minimum absolute atomic E-state index is 0.0209. The van der Waals surface area contributed by atoms with Gasteiger partial charge in [-0.3, -0.25) is 9.69 Å². The third kappa shape index (κ3) is 6.99. The van der Waals surface area contributed by atoms with Crippen molar-refractivity contribution in [3.05, 3.63) is 35.9 Å². The number of urea groups is 1. The van der Waals surface area contributed by atoms with Crippen molar-refractivity contribution in [3.8, 4) is 0 Å². The Morgan fingerprint density at radius 2 is 1.93 bits per heavy atom. The van der Waals surface area contributed by atoms with E-state index in [2.05, 4.69) is 22.3 Å². The maximum atomic E-state index is 12.6. The second-order valence-electron chi connectivity index (χ2n) is 8.23. The standard InChI is InChI=1S/C23H36N4O3/c1-20(28)27(14-6-12-25-15-17-30-18-16-25)22-9-5-13-26(19-22)23(29)24-11-10-21-7-3-2-4-8-21/h2-4,7-8,22H,5-6,9-19H2,1H3,(H,24,29). The van der Waals surface area contributed by atoms with Gasteiger partial charge in [-0.05, 0) is 31.2 Å². The number of piperidine rings is 1. The Bertz CT molecular complexity index is 664. The predicted octanol–water partition coefficient (Wildman–Crippen LogP) is 1.97. The number of hydrogen-bond donors (Lipinski definition) is 1. The Hall–Kier alpha value is -2.12. The lowest BCUT2D eigenvalue weighted by Crippen LogP contribution is -2.54. The molecule has 166 valence electrons. The minimum Gasteiger partial charge on any atom is -0.379 e. The van der Waals surface area contributed by atoms with Crippen molar-refractivity contribution in [2.75, 3.05) is 59.0 Å². The molecule has 1 aromatic carbocycles. The van der Waals surface area contributed by atoms with Crippen LogP contribution in [0.25, 0.3) is 0 Å². The van der Waals surface area contributed by atoms with Gasteiger partial charge in [0.25, 0.3) is 0 Å². The first kappa shape index (κ1) is 22.6. The maximum Gasteiger partial charge on any atom is 0.317 e. The lowest BCUT2D eigenvalue weighted by Gasteiger charge is -2.39. The highest BCUT2D eigenvalue weighted by Gasteiger charge is 2.29. The van der Waals surface area contributed by atoms with Crippen molar-refractivity contribution in [1.82, 2.24) is 20.0 Å². The van der Waals surface area contributed by atoms with E-state index in [1.165, 1.54) is 5.56 Å². The summed E-state index contributed by atoms with van der Waals surface area (Å²) in [5, 5.41) is 3.04. The number of ether oxygens (including phenoxy) is 1. The lowest BCUT2D eigenvalue weighted by atomic mass is 10.0. The average molecular weight is 417 g/mol. The second-order valence-corrected chi connectivity index (χ2v) is 8.23. The summed E-state index contributed by atoms with van der Waals surface area (Å²) in [6, 6.07) is 10.3. The van der Waals surface area contributed by atoms with E-state index in [-0.39, 0.29) is 18.0 Å². The number of carbonyl (C=O) groups is 2. The average Bonchev–Trinajstić information content (AvgIpc) is 2.78. The van der Waals surface area contributed by atoms with Crippen LogP contribution in [0.3, 0.4) is 0 Å². The molecule has 2 heterocycles. The first-order valence-corrected chi connectivity index (χ1v) is 11.3. The van der Waals surface area contributed by atoms with Crippen LogP contribution in [0, 0.1) is 0 Å². The Kier molecular flexibility index (Phi) is 8.96. The monoisotopic (exact) mass is 416 g/mol. The molecular formula is C23H36N4O3. The molecule has 0 aliphatic carbocycles. The van der Waals surface area contributed by atoms with Gasteiger partial charge in [-0.15, -0.1) is 0 Å². The molecule has 2 saturated heterocycles. The van der Waals surface area contributed by atoms with Crippen molar-refractivity contribution in [2.24, 2.45) is 0 Å². The third-order valence-electron chi connectivity index (χ3n) is 6.04. The van der Waals surface area contributed by atoms with Gasteiger partial charge in [-0.1, -0.05) is 30.3 Å². The molecule has 1 atom stereocenters. The molecule has 0 bridgehead atoms. The molecule has 1 N–H and O–H groups in total. The fraction of sp³-hybridized carbons (Fsp3) is 0.652. The molecular weight excluding hydrogens is 380 g/mol. The summed E-state index contributed by atoms with van der Waals surface area (Å²) in [5.74, 6) is 0.105. The number of hydrogen-bond acceptors (Lipinski definition) is 4. The first-order chi connectivity index (χ1) is 14.6. The SMILES string of the molecule is CC(=O)N(CCCN1CCOCC1)C1CCCN(C(=O)NCCc2ccccc2)C1. The highest BCUT2D eigenvalue weighted by atomic mass is 16.5. The van der Waals surface area contributed by atoms with Crippen molar-refractivity contribution < 1.29 is 14.3 Å². The summed E-state index contributed by atoms with van der Waals surface area (Å²) < 4.78 is 5.40. The van der Waals surface area contributed by atoms with Crippen LogP contribution in [0.1, 0.15) is 31.7 Å². The Balaban J connectivity index is 1.43. The lowest BCUT2D eigenvalue weighted by molar-refractivity contribution is -0.132.